The molecule has 0 amide bonds. The summed E-state index contributed by atoms with van der Waals surface area (Å²) < 4.78 is 5.41. The quantitative estimate of drug-likeness (QED) is 0.925. The molecule has 0 aliphatic rings. The van der Waals surface area contributed by atoms with Gasteiger partial charge in [-0.3, -0.25) is 0 Å². The summed E-state index contributed by atoms with van der Waals surface area (Å²) in [7, 11) is 1.63. The van der Waals surface area contributed by atoms with Crippen LogP contribution >= 0.6 is 11.6 Å². The molecule has 1 aromatic carbocycles. The molecule has 1 aromatic heterocycles. The van der Waals surface area contributed by atoms with Crippen molar-refractivity contribution in [2.24, 2.45) is 5.73 Å². The summed E-state index contributed by atoms with van der Waals surface area (Å²) in [6.45, 7) is 2.24. The zero-order valence-electron chi connectivity index (χ0n) is 10.3. The molecule has 18 heavy (non-hydrogen) atoms. The van der Waals surface area contributed by atoms with Crippen LogP contribution in [0.3, 0.4) is 0 Å². The van der Waals surface area contributed by atoms with E-state index in [0.29, 0.717) is 17.4 Å². The van der Waals surface area contributed by atoms with E-state index in [1.807, 2.05) is 25.1 Å². The molecule has 0 bridgehead atoms. The van der Waals surface area contributed by atoms with Crippen molar-refractivity contribution in [3.8, 4) is 17.0 Å². The van der Waals surface area contributed by atoms with Gasteiger partial charge in [-0.05, 0) is 30.7 Å². The molecule has 2 N–H and O–H groups in total. The second-order valence-electron chi connectivity index (χ2n) is 3.87. The predicted octanol–water partition coefficient (Wildman–Crippen LogP) is 2.57. The van der Waals surface area contributed by atoms with Crippen LogP contribution in [-0.4, -0.2) is 17.1 Å². The van der Waals surface area contributed by atoms with Gasteiger partial charge >= 0.3 is 0 Å². The second kappa shape index (κ2) is 5.33. The smallest absolute Gasteiger partial charge is 0.142 e. The van der Waals surface area contributed by atoms with E-state index in [1.54, 1.807) is 13.3 Å². The second-order valence-corrected chi connectivity index (χ2v) is 4.30. The lowest BCUT2D eigenvalue weighted by atomic mass is 10.1. The Morgan fingerprint density at radius 2 is 2.17 bits per heavy atom. The molecule has 1 heterocycles. The third-order valence-corrected chi connectivity index (χ3v) is 2.83. The van der Waals surface area contributed by atoms with E-state index in [-0.39, 0.29) is 0 Å². The van der Waals surface area contributed by atoms with Crippen molar-refractivity contribution in [3.05, 3.63) is 40.8 Å². The number of aryl methyl sites for hydroxylation is 1. The average molecular weight is 264 g/mol. The molecule has 0 atom stereocenters. The number of benzene rings is 1. The van der Waals surface area contributed by atoms with E-state index in [4.69, 9.17) is 22.1 Å². The molecule has 0 fully saturated rings. The summed E-state index contributed by atoms with van der Waals surface area (Å²) in [6.07, 6.45) is 1.68. The van der Waals surface area contributed by atoms with Crippen molar-refractivity contribution in [2.75, 3.05) is 7.11 Å². The van der Waals surface area contributed by atoms with Crippen molar-refractivity contribution >= 4 is 11.6 Å². The van der Waals surface area contributed by atoms with Crippen LogP contribution in [0.15, 0.2) is 24.4 Å². The summed E-state index contributed by atoms with van der Waals surface area (Å²) in [4.78, 5) is 8.45. The first-order valence-corrected chi connectivity index (χ1v) is 5.90. The summed E-state index contributed by atoms with van der Waals surface area (Å²) in [5.41, 5.74) is 8.11. The van der Waals surface area contributed by atoms with E-state index in [2.05, 4.69) is 9.97 Å². The minimum atomic E-state index is 0.301. The summed E-state index contributed by atoms with van der Waals surface area (Å²) >= 11 is 6.08. The van der Waals surface area contributed by atoms with E-state index in [0.717, 1.165) is 22.6 Å². The fraction of sp³-hybridized carbons (Fsp3) is 0.231. The minimum absolute atomic E-state index is 0.301. The Bertz CT molecular complexity index is 572. The van der Waals surface area contributed by atoms with E-state index >= 15 is 0 Å². The SMILES string of the molecule is COc1c(C)cc(Cl)cc1-c1ccnc(CN)n1. The molecule has 0 saturated heterocycles. The Hall–Kier alpha value is -1.65. The lowest BCUT2D eigenvalue weighted by Crippen LogP contribution is -2.03. The molecular weight excluding hydrogens is 250 g/mol. The molecule has 0 saturated carbocycles. The third-order valence-electron chi connectivity index (χ3n) is 2.61. The largest absolute Gasteiger partial charge is 0.496 e. The highest BCUT2D eigenvalue weighted by molar-refractivity contribution is 6.31. The van der Waals surface area contributed by atoms with Crippen molar-refractivity contribution in [3.63, 3.8) is 0 Å². The molecular formula is C13H14ClN3O. The minimum Gasteiger partial charge on any atom is -0.496 e. The van der Waals surface area contributed by atoms with Crippen LogP contribution in [0.4, 0.5) is 0 Å². The van der Waals surface area contributed by atoms with Crippen molar-refractivity contribution < 1.29 is 4.74 Å². The first-order chi connectivity index (χ1) is 8.65. The van der Waals surface area contributed by atoms with Crippen LogP contribution in [-0.2, 0) is 6.54 Å². The van der Waals surface area contributed by atoms with Crippen LogP contribution in [0.2, 0.25) is 5.02 Å². The molecule has 0 unspecified atom stereocenters. The number of aromatic nitrogens is 2. The highest BCUT2D eigenvalue weighted by Gasteiger charge is 2.12. The summed E-state index contributed by atoms with van der Waals surface area (Å²) in [5.74, 6) is 1.35. The molecule has 2 aromatic rings. The number of nitrogens with two attached hydrogens (primary N) is 1. The van der Waals surface area contributed by atoms with Gasteiger partial charge < -0.3 is 10.5 Å². The van der Waals surface area contributed by atoms with Crippen LogP contribution < -0.4 is 10.5 Å². The molecule has 2 rings (SSSR count). The maximum atomic E-state index is 6.08. The number of methoxy groups -OCH3 is 1. The van der Waals surface area contributed by atoms with Gasteiger partial charge in [0.05, 0.1) is 19.3 Å². The van der Waals surface area contributed by atoms with Gasteiger partial charge in [0.2, 0.25) is 0 Å². The Balaban J connectivity index is 2.61. The number of halogens is 1. The number of ether oxygens (including phenoxy) is 1. The number of rotatable bonds is 3. The highest BCUT2D eigenvalue weighted by atomic mass is 35.5. The molecule has 94 valence electrons. The predicted molar refractivity (Wildman–Crippen MR) is 71.7 cm³/mol. The Kier molecular flexibility index (Phi) is 3.79. The maximum Gasteiger partial charge on any atom is 0.142 e. The van der Waals surface area contributed by atoms with Crippen LogP contribution in [0, 0.1) is 6.92 Å². The fourth-order valence-corrected chi connectivity index (χ4v) is 2.11. The lowest BCUT2D eigenvalue weighted by Gasteiger charge is -2.12. The fourth-order valence-electron chi connectivity index (χ4n) is 1.84. The van der Waals surface area contributed by atoms with Crippen molar-refractivity contribution in [1.82, 2.24) is 9.97 Å². The van der Waals surface area contributed by atoms with E-state index in [1.165, 1.54) is 0 Å². The monoisotopic (exact) mass is 263 g/mol. The normalized spacial score (nSPS) is 10.4. The molecule has 0 spiro atoms. The first-order valence-electron chi connectivity index (χ1n) is 5.52. The number of nitrogens with zero attached hydrogens (tertiary/aromatic N) is 2. The number of hydrogen-bond acceptors (Lipinski definition) is 4. The molecule has 0 aliphatic heterocycles. The van der Waals surface area contributed by atoms with Gasteiger partial charge in [-0.2, -0.15) is 0 Å². The Labute approximate surface area is 111 Å². The lowest BCUT2D eigenvalue weighted by molar-refractivity contribution is 0.413. The molecule has 0 radical (unpaired) electrons. The molecule has 4 nitrogen and oxygen atoms in total. The maximum absolute atomic E-state index is 6.08. The Morgan fingerprint density at radius 3 is 2.83 bits per heavy atom. The zero-order chi connectivity index (χ0) is 13.1. The summed E-state index contributed by atoms with van der Waals surface area (Å²) in [6, 6.07) is 5.50. The topological polar surface area (TPSA) is 61.0 Å². The van der Waals surface area contributed by atoms with E-state index in [9.17, 15) is 0 Å². The molecule has 0 aliphatic carbocycles. The van der Waals surface area contributed by atoms with Crippen molar-refractivity contribution in [1.29, 1.82) is 0 Å². The van der Waals surface area contributed by atoms with Gasteiger partial charge in [-0.25, -0.2) is 9.97 Å². The number of hydrogen-bond donors (Lipinski definition) is 1. The van der Waals surface area contributed by atoms with Gasteiger partial charge in [0.25, 0.3) is 0 Å². The van der Waals surface area contributed by atoms with Crippen molar-refractivity contribution in [2.45, 2.75) is 13.5 Å². The van der Waals surface area contributed by atoms with Crippen LogP contribution in [0.5, 0.6) is 5.75 Å². The van der Waals surface area contributed by atoms with Gasteiger partial charge in [-0.1, -0.05) is 11.6 Å². The average Bonchev–Trinajstić information content (AvgIpc) is 2.38. The van der Waals surface area contributed by atoms with Gasteiger partial charge in [0.15, 0.2) is 0 Å². The molecule has 5 heteroatoms. The standard InChI is InChI=1S/C13H14ClN3O/c1-8-5-9(14)6-10(13(8)18-2)11-3-4-16-12(7-15)17-11/h3-6H,7,15H2,1-2H3. The summed E-state index contributed by atoms with van der Waals surface area (Å²) in [5, 5.41) is 0.649. The van der Waals surface area contributed by atoms with Crippen LogP contribution in [0.1, 0.15) is 11.4 Å². The zero-order valence-corrected chi connectivity index (χ0v) is 11.0. The van der Waals surface area contributed by atoms with Gasteiger partial charge in [-0.15, -0.1) is 0 Å². The van der Waals surface area contributed by atoms with Crippen LogP contribution in [0.25, 0.3) is 11.3 Å². The van der Waals surface area contributed by atoms with Gasteiger partial charge in [0.1, 0.15) is 11.6 Å². The third kappa shape index (κ3) is 2.44. The van der Waals surface area contributed by atoms with Gasteiger partial charge in [0, 0.05) is 16.8 Å². The highest BCUT2D eigenvalue weighted by Crippen LogP contribution is 2.34. The Morgan fingerprint density at radius 1 is 1.39 bits per heavy atom. The van der Waals surface area contributed by atoms with E-state index < -0.39 is 0 Å². The first kappa shape index (κ1) is 12.8.